The first-order chi connectivity index (χ1) is 9.70. The van der Waals surface area contributed by atoms with Crippen molar-refractivity contribution in [1.29, 1.82) is 0 Å². The fraction of sp³-hybridized carbons (Fsp3) is 0.167. The fourth-order valence-corrected chi connectivity index (χ4v) is 1.55. The van der Waals surface area contributed by atoms with E-state index in [0.717, 1.165) is 0 Å². The molecule has 0 spiro atoms. The van der Waals surface area contributed by atoms with E-state index in [1.54, 1.807) is 18.6 Å². The van der Waals surface area contributed by atoms with Crippen LogP contribution in [0.15, 0.2) is 42.2 Å². The summed E-state index contributed by atoms with van der Waals surface area (Å²) in [6.07, 6.45) is 6.54. The fourth-order valence-electron chi connectivity index (χ4n) is 1.55. The molecule has 0 saturated heterocycles. The van der Waals surface area contributed by atoms with Gasteiger partial charge in [-0.2, -0.15) is 0 Å². The lowest BCUT2D eigenvalue weighted by Gasteiger charge is -2.05. The highest BCUT2D eigenvalue weighted by Crippen LogP contribution is 2.00. The molecule has 8 heteroatoms. The smallest absolute Gasteiger partial charge is 0.269 e. The van der Waals surface area contributed by atoms with Crippen molar-refractivity contribution in [2.24, 2.45) is 10.9 Å². The first-order valence-electron chi connectivity index (χ1n) is 5.88. The third-order valence-electron chi connectivity index (χ3n) is 2.61. The quantitative estimate of drug-likeness (QED) is 0.302. The molecule has 0 aromatic carbocycles. The van der Waals surface area contributed by atoms with Gasteiger partial charge in [0, 0.05) is 37.2 Å². The Balaban J connectivity index is 1.89. The van der Waals surface area contributed by atoms with Crippen LogP contribution in [0.3, 0.4) is 0 Å². The summed E-state index contributed by atoms with van der Waals surface area (Å²) < 4.78 is 1.86. The maximum atomic E-state index is 11.8. The number of imidazole rings is 1. The van der Waals surface area contributed by atoms with Crippen molar-refractivity contribution in [3.63, 3.8) is 0 Å². The minimum Gasteiger partial charge on any atom is -0.409 e. The van der Waals surface area contributed by atoms with Crippen molar-refractivity contribution in [3.05, 3.63) is 48.3 Å². The van der Waals surface area contributed by atoms with E-state index >= 15 is 0 Å². The van der Waals surface area contributed by atoms with E-state index in [1.165, 1.54) is 12.3 Å². The predicted octanol–water partition coefficient (Wildman–Crippen LogP) is -0.197. The summed E-state index contributed by atoms with van der Waals surface area (Å²) in [7, 11) is 0. The monoisotopic (exact) mass is 274 g/mol. The number of hydrogen-bond acceptors (Lipinski definition) is 5. The maximum absolute atomic E-state index is 11.8. The molecule has 0 radical (unpaired) electrons. The van der Waals surface area contributed by atoms with Gasteiger partial charge in [0.25, 0.3) is 5.91 Å². The van der Waals surface area contributed by atoms with E-state index in [9.17, 15) is 4.79 Å². The Labute approximate surface area is 115 Å². The minimum absolute atomic E-state index is 0.0513. The third kappa shape index (κ3) is 3.31. The number of amidine groups is 1. The highest BCUT2D eigenvalue weighted by atomic mass is 16.4. The molecule has 0 unspecified atom stereocenters. The number of carbonyl (C=O) groups excluding carboxylic acids is 1. The zero-order chi connectivity index (χ0) is 14.4. The molecule has 2 rings (SSSR count). The zero-order valence-electron chi connectivity index (χ0n) is 10.6. The molecule has 20 heavy (non-hydrogen) atoms. The van der Waals surface area contributed by atoms with Gasteiger partial charge in [0.05, 0.1) is 6.33 Å². The molecule has 2 aromatic rings. The molecule has 0 aliphatic heterocycles. The number of aromatic nitrogens is 3. The van der Waals surface area contributed by atoms with Gasteiger partial charge >= 0.3 is 0 Å². The number of pyridine rings is 1. The van der Waals surface area contributed by atoms with Gasteiger partial charge in [0.15, 0.2) is 5.84 Å². The Morgan fingerprint density at radius 2 is 2.35 bits per heavy atom. The van der Waals surface area contributed by atoms with Crippen LogP contribution in [0.4, 0.5) is 0 Å². The van der Waals surface area contributed by atoms with Gasteiger partial charge in [-0.15, -0.1) is 0 Å². The molecule has 2 aromatic heterocycles. The van der Waals surface area contributed by atoms with E-state index in [1.807, 2.05) is 10.8 Å². The number of hydrogen-bond donors (Lipinski definition) is 3. The van der Waals surface area contributed by atoms with Crippen LogP contribution in [-0.2, 0) is 6.54 Å². The van der Waals surface area contributed by atoms with Crippen LogP contribution < -0.4 is 11.1 Å². The maximum Gasteiger partial charge on any atom is 0.269 e. The first kappa shape index (κ1) is 13.5. The largest absolute Gasteiger partial charge is 0.409 e. The summed E-state index contributed by atoms with van der Waals surface area (Å²) in [5, 5.41) is 14.1. The molecule has 0 saturated carbocycles. The van der Waals surface area contributed by atoms with Gasteiger partial charge in [-0.05, 0) is 12.1 Å². The average Bonchev–Trinajstić information content (AvgIpc) is 2.99. The summed E-state index contributed by atoms with van der Waals surface area (Å²) in [5.41, 5.74) is 6.12. The number of nitrogens with zero attached hydrogens (tertiary/aromatic N) is 4. The molecule has 4 N–H and O–H groups in total. The molecule has 2 heterocycles. The summed E-state index contributed by atoms with van der Waals surface area (Å²) in [4.78, 5) is 19.7. The summed E-state index contributed by atoms with van der Waals surface area (Å²) in [6, 6.07) is 3.08. The zero-order valence-corrected chi connectivity index (χ0v) is 10.6. The van der Waals surface area contributed by atoms with E-state index < -0.39 is 0 Å². The summed E-state index contributed by atoms with van der Waals surface area (Å²) in [5.74, 6) is -0.333. The summed E-state index contributed by atoms with van der Waals surface area (Å²) >= 11 is 0. The lowest BCUT2D eigenvalue weighted by atomic mass is 10.2. The van der Waals surface area contributed by atoms with Crippen molar-refractivity contribution < 1.29 is 10.0 Å². The molecule has 104 valence electrons. The Bertz CT molecular complexity index is 591. The van der Waals surface area contributed by atoms with Crippen LogP contribution in [0.2, 0.25) is 0 Å². The van der Waals surface area contributed by atoms with Gasteiger partial charge in [0.1, 0.15) is 5.69 Å². The second kappa shape index (κ2) is 6.32. The Morgan fingerprint density at radius 3 is 2.95 bits per heavy atom. The van der Waals surface area contributed by atoms with Crippen molar-refractivity contribution in [3.8, 4) is 0 Å². The lowest BCUT2D eigenvalue weighted by molar-refractivity contribution is 0.0947. The number of carbonyl (C=O) groups is 1. The van der Waals surface area contributed by atoms with Crippen molar-refractivity contribution in [2.75, 3.05) is 6.54 Å². The number of oxime groups is 1. The van der Waals surface area contributed by atoms with E-state index in [0.29, 0.717) is 18.7 Å². The van der Waals surface area contributed by atoms with Gasteiger partial charge in [-0.1, -0.05) is 5.16 Å². The Morgan fingerprint density at radius 1 is 1.50 bits per heavy atom. The van der Waals surface area contributed by atoms with E-state index in [2.05, 4.69) is 20.4 Å². The highest BCUT2D eigenvalue weighted by Gasteiger charge is 2.07. The molecule has 0 aliphatic carbocycles. The number of rotatable bonds is 5. The normalized spacial score (nSPS) is 11.3. The molecule has 8 nitrogen and oxygen atoms in total. The van der Waals surface area contributed by atoms with Crippen LogP contribution in [0.25, 0.3) is 0 Å². The van der Waals surface area contributed by atoms with Gasteiger partial charge in [-0.3, -0.25) is 9.78 Å². The average molecular weight is 274 g/mol. The lowest BCUT2D eigenvalue weighted by Crippen LogP contribution is -2.28. The van der Waals surface area contributed by atoms with Gasteiger partial charge in [0.2, 0.25) is 0 Å². The van der Waals surface area contributed by atoms with E-state index in [-0.39, 0.29) is 17.4 Å². The Hall–Kier alpha value is -2.90. The molecule has 0 atom stereocenters. The number of amides is 1. The minimum atomic E-state index is -0.281. The Kier molecular flexibility index (Phi) is 4.28. The van der Waals surface area contributed by atoms with Crippen molar-refractivity contribution in [1.82, 2.24) is 19.9 Å². The second-order valence-corrected chi connectivity index (χ2v) is 3.97. The molecule has 0 bridgehead atoms. The van der Waals surface area contributed by atoms with Gasteiger partial charge in [-0.25, -0.2) is 4.98 Å². The van der Waals surface area contributed by atoms with Crippen LogP contribution in [-0.4, -0.2) is 38.0 Å². The van der Waals surface area contributed by atoms with Crippen LogP contribution in [0.5, 0.6) is 0 Å². The van der Waals surface area contributed by atoms with Gasteiger partial charge < -0.3 is 20.8 Å². The predicted molar refractivity (Wildman–Crippen MR) is 71.3 cm³/mol. The van der Waals surface area contributed by atoms with Crippen LogP contribution in [0.1, 0.15) is 16.1 Å². The van der Waals surface area contributed by atoms with Crippen LogP contribution >= 0.6 is 0 Å². The highest BCUT2D eigenvalue weighted by molar-refractivity contribution is 5.98. The molecular formula is C12H14N6O2. The van der Waals surface area contributed by atoms with E-state index in [4.69, 9.17) is 10.9 Å². The molecule has 1 amide bonds. The topological polar surface area (TPSA) is 118 Å². The second-order valence-electron chi connectivity index (χ2n) is 3.97. The molecule has 0 aliphatic rings. The third-order valence-corrected chi connectivity index (χ3v) is 2.61. The standard InChI is InChI=1S/C12H14N6O2/c13-11(17-20)9-1-2-10(16-7-9)12(19)15-4-6-18-5-3-14-8-18/h1-3,5,7-8,20H,4,6H2,(H2,13,17)(H,15,19). The SMILES string of the molecule is NC(=NO)c1ccc(C(=O)NCCn2ccnc2)nc1. The van der Waals surface area contributed by atoms with Crippen molar-refractivity contribution >= 4 is 11.7 Å². The molecular weight excluding hydrogens is 260 g/mol. The first-order valence-corrected chi connectivity index (χ1v) is 5.88. The molecule has 0 fully saturated rings. The van der Waals surface area contributed by atoms with Crippen molar-refractivity contribution in [2.45, 2.75) is 6.54 Å². The van der Waals surface area contributed by atoms with Crippen LogP contribution in [0, 0.1) is 0 Å². The number of nitrogens with two attached hydrogens (primary N) is 1. The summed E-state index contributed by atoms with van der Waals surface area (Å²) in [6.45, 7) is 1.10. The number of nitrogens with one attached hydrogen (secondary N) is 1.